The normalized spacial score (nSPS) is 21.4. The van der Waals surface area contributed by atoms with Gasteiger partial charge >= 0.3 is 0 Å². The largest absolute Gasteiger partial charge is 0.346 e. The zero-order chi connectivity index (χ0) is 14.2. The fourth-order valence-corrected chi connectivity index (χ4v) is 2.73. The van der Waals surface area contributed by atoms with Crippen LogP contribution >= 0.6 is 0 Å². The van der Waals surface area contributed by atoms with Crippen LogP contribution in [0.5, 0.6) is 0 Å². The molecule has 2 saturated heterocycles. The van der Waals surface area contributed by atoms with Crippen LogP contribution in [0.4, 0.5) is 8.78 Å². The zero-order valence-corrected chi connectivity index (χ0v) is 10.9. The molecule has 0 aliphatic carbocycles. The van der Waals surface area contributed by atoms with Crippen LogP contribution in [-0.4, -0.2) is 42.9 Å². The van der Waals surface area contributed by atoms with E-state index in [-0.39, 0.29) is 12.1 Å². The smallest absolute Gasteiger partial charge is 0.257 e. The molecule has 0 radical (unpaired) electrons. The third kappa shape index (κ3) is 2.41. The van der Waals surface area contributed by atoms with Gasteiger partial charge in [-0.25, -0.2) is 8.78 Å². The van der Waals surface area contributed by atoms with Crippen LogP contribution in [0.15, 0.2) is 18.2 Å². The summed E-state index contributed by atoms with van der Waals surface area (Å²) in [6.45, 7) is 1.81. The van der Waals surface area contributed by atoms with Crippen LogP contribution < -0.4 is 0 Å². The molecule has 2 heterocycles. The van der Waals surface area contributed by atoms with E-state index in [1.165, 1.54) is 11.0 Å². The third-order valence-corrected chi connectivity index (χ3v) is 3.68. The van der Waals surface area contributed by atoms with E-state index in [0.717, 1.165) is 25.0 Å². The topological polar surface area (TPSA) is 38.8 Å². The van der Waals surface area contributed by atoms with Crippen molar-refractivity contribution in [1.82, 2.24) is 4.90 Å². The molecule has 0 N–H and O–H groups in total. The first-order chi connectivity index (χ1) is 9.60. The lowest BCUT2D eigenvalue weighted by Crippen LogP contribution is -2.51. The second-order valence-corrected chi connectivity index (χ2v) is 5.06. The summed E-state index contributed by atoms with van der Waals surface area (Å²) in [6.07, 6.45) is 1.46. The molecule has 1 aromatic rings. The lowest BCUT2D eigenvalue weighted by Gasteiger charge is -2.38. The Morgan fingerprint density at radius 1 is 1.25 bits per heavy atom. The van der Waals surface area contributed by atoms with Crippen LogP contribution in [-0.2, 0) is 9.47 Å². The average molecular weight is 283 g/mol. The lowest BCUT2D eigenvalue weighted by atomic mass is 10.0. The SMILES string of the molecule is O=C(c1ccc(F)cc1F)N1CCCC2(C1)OCCO2. The van der Waals surface area contributed by atoms with Gasteiger partial charge in [-0.2, -0.15) is 0 Å². The number of hydrogen-bond donors (Lipinski definition) is 0. The van der Waals surface area contributed by atoms with Crippen molar-refractivity contribution in [2.75, 3.05) is 26.3 Å². The number of amides is 1. The van der Waals surface area contributed by atoms with Crippen molar-refractivity contribution >= 4 is 5.91 Å². The van der Waals surface area contributed by atoms with Gasteiger partial charge in [0, 0.05) is 19.0 Å². The Bertz CT molecular complexity index is 529. The van der Waals surface area contributed by atoms with Crippen molar-refractivity contribution in [2.24, 2.45) is 0 Å². The van der Waals surface area contributed by atoms with E-state index in [9.17, 15) is 13.6 Å². The fourth-order valence-electron chi connectivity index (χ4n) is 2.73. The minimum Gasteiger partial charge on any atom is -0.346 e. The zero-order valence-electron chi connectivity index (χ0n) is 10.9. The number of benzene rings is 1. The molecule has 0 bridgehead atoms. The van der Waals surface area contributed by atoms with Crippen LogP contribution in [0.3, 0.4) is 0 Å². The van der Waals surface area contributed by atoms with Gasteiger partial charge in [0.1, 0.15) is 11.6 Å². The van der Waals surface area contributed by atoms with Gasteiger partial charge in [-0.05, 0) is 18.6 Å². The minimum absolute atomic E-state index is 0.124. The molecular weight excluding hydrogens is 268 g/mol. The van der Waals surface area contributed by atoms with E-state index < -0.39 is 23.3 Å². The van der Waals surface area contributed by atoms with E-state index in [4.69, 9.17) is 9.47 Å². The highest BCUT2D eigenvalue weighted by molar-refractivity contribution is 5.94. The van der Waals surface area contributed by atoms with Gasteiger partial charge < -0.3 is 14.4 Å². The van der Waals surface area contributed by atoms with Gasteiger partial charge in [-0.15, -0.1) is 0 Å². The van der Waals surface area contributed by atoms with E-state index >= 15 is 0 Å². The van der Waals surface area contributed by atoms with Crippen molar-refractivity contribution in [2.45, 2.75) is 18.6 Å². The maximum Gasteiger partial charge on any atom is 0.257 e. The van der Waals surface area contributed by atoms with Gasteiger partial charge in [-0.1, -0.05) is 0 Å². The standard InChI is InChI=1S/C14H15F2NO3/c15-10-2-3-11(12(16)8-10)13(18)17-5-1-4-14(9-17)19-6-7-20-14/h2-3,8H,1,4-7,9H2. The molecule has 6 heteroatoms. The summed E-state index contributed by atoms with van der Waals surface area (Å²) in [6, 6.07) is 2.97. The predicted octanol–water partition coefficient (Wildman–Crippen LogP) is 1.94. The predicted molar refractivity (Wildman–Crippen MR) is 66.1 cm³/mol. The number of rotatable bonds is 1. The fraction of sp³-hybridized carbons (Fsp3) is 0.500. The first-order valence-corrected chi connectivity index (χ1v) is 6.62. The summed E-state index contributed by atoms with van der Waals surface area (Å²) >= 11 is 0. The van der Waals surface area contributed by atoms with Gasteiger partial charge in [-0.3, -0.25) is 4.79 Å². The Morgan fingerprint density at radius 2 is 2.00 bits per heavy atom. The molecule has 0 aromatic heterocycles. The Kier molecular flexibility index (Phi) is 3.43. The molecule has 0 saturated carbocycles. The number of carbonyl (C=O) groups is 1. The van der Waals surface area contributed by atoms with Crippen molar-refractivity contribution in [3.05, 3.63) is 35.4 Å². The maximum absolute atomic E-state index is 13.7. The first-order valence-electron chi connectivity index (χ1n) is 6.62. The molecule has 20 heavy (non-hydrogen) atoms. The van der Waals surface area contributed by atoms with E-state index in [0.29, 0.717) is 19.8 Å². The Labute approximate surface area is 115 Å². The third-order valence-electron chi connectivity index (χ3n) is 3.68. The van der Waals surface area contributed by atoms with Gasteiger partial charge in [0.25, 0.3) is 5.91 Å². The summed E-state index contributed by atoms with van der Waals surface area (Å²) in [5, 5.41) is 0. The van der Waals surface area contributed by atoms with E-state index in [2.05, 4.69) is 0 Å². The molecule has 2 fully saturated rings. The van der Waals surface area contributed by atoms with E-state index in [1.54, 1.807) is 0 Å². The molecular formula is C14H15F2NO3. The number of carbonyl (C=O) groups excluding carboxylic acids is 1. The molecule has 1 amide bonds. The first kappa shape index (κ1) is 13.5. The molecule has 3 rings (SSSR count). The Morgan fingerprint density at radius 3 is 2.70 bits per heavy atom. The Balaban J connectivity index is 1.79. The molecule has 1 aromatic carbocycles. The van der Waals surface area contributed by atoms with Gasteiger partial charge in [0.2, 0.25) is 0 Å². The molecule has 1 spiro atoms. The number of nitrogens with zero attached hydrogens (tertiary/aromatic N) is 1. The Hall–Kier alpha value is -1.53. The summed E-state index contributed by atoms with van der Waals surface area (Å²) in [7, 11) is 0. The van der Waals surface area contributed by atoms with Crippen LogP contribution in [0.1, 0.15) is 23.2 Å². The van der Waals surface area contributed by atoms with Crippen molar-refractivity contribution in [3.8, 4) is 0 Å². The number of ether oxygens (including phenoxy) is 2. The number of piperidine rings is 1. The maximum atomic E-state index is 13.7. The van der Waals surface area contributed by atoms with Crippen LogP contribution in [0, 0.1) is 11.6 Å². The highest BCUT2D eigenvalue weighted by Gasteiger charge is 2.42. The summed E-state index contributed by atoms with van der Waals surface area (Å²) < 4.78 is 37.7. The molecule has 108 valence electrons. The minimum atomic E-state index is -0.845. The molecule has 0 atom stereocenters. The molecule has 2 aliphatic heterocycles. The van der Waals surface area contributed by atoms with Crippen molar-refractivity contribution in [3.63, 3.8) is 0 Å². The van der Waals surface area contributed by atoms with Crippen LogP contribution in [0.25, 0.3) is 0 Å². The number of hydrogen-bond acceptors (Lipinski definition) is 3. The summed E-state index contributed by atoms with van der Waals surface area (Å²) in [4.78, 5) is 13.8. The highest BCUT2D eigenvalue weighted by Crippen LogP contribution is 2.30. The molecule has 4 nitrogen and oxygen atoms in total. The number of halogens is 2. The van der Waals surface area contributed by atoms with Crippen molar-refractivity contribution in [1.29, 1.82) is 0 Å². The van der Waals surface area contributed by atoms with Crippen molar-refractivity contribution < 1.29 is 23.0 Å². The molecule has 2 aliphatic rings. The second kappa shape index (κ2) is 5.10. The highest BCUT2D eigenvalue weighted by atomic mass is 19.1. The van der Waals surface area contributed by atoms with Crippen LogP contribution in [0.2, 0.25) is 0 Å². The lowest BCUT2D eigenvalue weighted by molar-refractivity contribution is -0.183. The summed E-state index contributed by atoms with van der Waals surface area (Å²) in [5.41, 5.74) is -0.124. The quantitative estimate of drug-likeness (QED) is 0.790. The second-order valence-electron chi connectivity index (χ2n) is 5.06. The monoisotopic (exact) mass is 283 g/mol. The van der Waals surface area contributed by atoms with Gasteiger partial charge in [0.15, 0.2) is 5.79 Å². The molecule has 0 unspecified atom stereocenters. The van der Waals surface area contributed by atoms with E-state index in [1.807, 2.05) is 0 Å². The average Bonchev–Trinajstić information content (AvgIpc) is 2.86. The summed E-state index contributed by atoms with van der Waals surface area (Å²) in [5.74, 6) is -2.75. The van der Waals surface area contributed by atoms with Gasteiger partial charge in [0.05, 0.1) is 25.3 Å². The number of likely N-dealkylation sites (tertiary alicyclic amines) is 1.